The predicted molar refractivity (Wildman–Crippen MR) is 117 cm³/mol. The molecule has 0 bridgehead atoms. The zero-order valence-corrected chi connectivity index (χ0v) is 17.9. The molecule has 0 spiro atoms. The highest BCUT2D eigenvalue weighted by Gasteiger charge is 2.30. The molecular weight excluding hydrogens is 429 g/mol. The number of thiocarbonyl (C=S) groups is 1. The van der Waals surface area contributed by atoms with Crippen molar-refractivity contribution in [1.29, 1.82) is 0 Å². The summed E-state index contributed by atoms with van der Waals surface area (Å²) in [5.41, 5.74) is 1.26. The number of rotatable bonds is 4. The Bertz CT molecular complexity index is 923. The van der Waals surface area contributed by atoms with E-state index in [1.54, 1.807) is 0 Å². The van der Waals surface area contributed by atoms with E-state index in [9.17, 15) is 13.2 Å². The molecule has 1 aromatic heterocycles. The molecule has 1 aliphatic heterocycles. The second-order valence-electron chi connectivity index (χ2n) is 7.08. The maximum Gasteiger partial charge on any atom is 0.416 e. The van der Waals surface area contributed by atoms with Crippen molar-refractivity contribution in [2.45, 2.75) is 39.0 Å². The lowest BCUT2D eigenvalue weighted by Crippen LogP contribution is -2.39. The maximum absolute atomic E-state index is 12.7. The fourth-order valence-electron chi connectivity index (χ4n) is 2.99. The van der Waals surface area contributed by atoms with E-state index in [-0.39, 0.29) is 11.2 Å². The number of hydrogen-bond donors (Lipinski definition) is 3. The standard InChI is InChI=1S/C20H23F3N6OS/c1-12-10-13(2)26-18(25-12)28-17(24-11-16-4-3-9-30-16)29-19(31)27-15-7-5-14(6-8-15)20(21,22)23/h5-8,10,16H,3-4,9,11H2,1-2H3,(H3,24,25,26,27,28,29,31). The number of hydrogen-bond acceptors (Lipinski definition) is 5. The second kappa shape index (κ2) is 10.0. The van der Waals surface area contributed by atoms with Gasteiger partial charge in [-0.3, -0.25) is 5.32 Å². The van der Waals surface area contributed by atoms with Gasteiger partial charge in [-0.2, -0.15) is 13.2 Å². The van der Waals surface area contributed by atoms with Crippen molar-refractivity contribution in [3.8, 4) is 0 Å². The Labute approximate surface area is 183 Å². The molecule has 0 aliphatic carbocycles. The van der Waals surface area contributed by atoms with Crippen LogP contribution in [0.2, 0.25) is 0 Å². The van der Waals surface area contributed by atoms with E-state index in [4.69, 9.17) is 17.0 Å². The highest BCUT2D eigenvalue weighted by atomic mass is 32.1. The van der Waals surface area contributed by atoms with Crippen LogP contribution in [0.5, 0.6) is 0 Å². The molecule has 1 fully saturated rings. The fourth-order valence-corrected chi connectivity index (χ4v) is 3.21. The lowest BCUT2D eigenvalue weighted by atomic mass is 10.2. The monoisotopic (exact) mass is 452 g/mol. The topological polar surface area (TPSA) is 83.5 Å². The zero-order chi connectivity index (χ0) is 22.4. The Morgan fingerprint density at radius 2 is 1.84 bits per heavy atom. The molecule has 1 atom stereocenters. The minimum atomic E-state index is -4.39. The summed E-state index contributed by atoms with van der Waals surface area (Å²) >= 11 is 5.30. The average molecular weight is 453 g/mol. The van der Waals surface area contributed by atoms with Gasteiger partial charge in [-0.15, -0.1) is 0 Å². The van der Waals surface area contributed by atoms with Gasteiger partial charge < -0.3 is 15.4 Å². The Balaban J connectivity index is 1.69. The first kappa shape index (κ1) is 22.9. The number of ether oxygens (including phenoxy) is 1. The fraction of sp³-hybridized carbons (Fsp3) is 0.400. The predicted octanol–water partition coefficient (Wildman–Crippen LogP) is 4.05. The van der Waals surface area contributed by atoms with Gasteiger partial charge >= 0.3 is 6.18 Å². The molecule has 3 rings (SSSR count). The summed E-state index contributed by atoms with van der Waals surface area (Å²) in [6.45, 7) is 4.84. The zero-order valence-electron chi connectivity index (χ0n) is 17.1. The number of anilines is 2. The van der Waals surface area contributed by atoms with Crippen LogP contribution in [0.1, 0.15) is 29.8 Å². The largest absolute Gasteiger partial charge is 0.416 e. The summed E-state index contributed by atoms with van der Waals surface area (Å²) < 4.78 is 43.8. The van der Waals surface area contributed by atoms with Crippen LogP contribution in [0.15, 0.2) is 35.3 Å². The lowest BCUT2D eigenvalue weighted by molar-refractivity contribution is -0.137. The molecule has 3 N–H and O–H groups in total. The molecule has 1 unspecified atom stereocenters. The van der Waals surface area contributed by atoms with E-state index in [1.807, 2.05) is 19.9 Å². The number of halogens is 3. The Morgan fingerprint density at radius 3 is 2.42 bits per heavy atom. The van der Waals surface area contributed by atoms with Crippen molar-refractivity contribution in [1.82, 2.24) is 15.3 Å². The maximum atomic E-state index is 12.7. The first-order chi connectivity index (χ1) is 14.7. The highest BCUT2D eigenvalue weighted by Crippen LogP contribution is 2.29. The summed E-state index contributed by atoms with van der Waals surface area (Å²) in [7, 11) is 0. The van der Waals surface area contributed by atoms with E-state index in [2.05, 4.69) is 30.9 Å². The molecule has 1 saturated heterocycles. The van der Waals surface area contributed by atoms with E-state index < -0.39 is 11.7 Å². The van der Waals surface area contributed by atoms with Crippen LogP contribution in [0.3, 0.4) is 0 Å². The molecule has 0 amide bonds. The average Bonchev–Trinajstić information content (AvgIpc) is 3.18. The van der Waals surface area contributed by atoms with Gasteiger partial charge in [-0.05, 0) is 69.2 Å². The van der Waals surface area contributed by atoms with Gasteiger partial charge in [0, 0.05) is 23.7 Å². The summed E-state index contributed by atoms with van der Waals surface area (Å²) in [4.78, 5) is 13.2. The summed E-state index contributed by atoms with van der Waals surface area (Å²) in [5, 5.41) is 8.94. The minimum Gasteiger partial charge on any atom is -0.376 e. The van der Waals surface area contributed by atoms with Crippen LogP contribution in [0.4, 0.5) is 24.8 Å². The number of benzene rings is 1. The van der Waals surface area contributed by atoms with Crippen molar-refractivity contribution in [3.63, 3.8) is 0 Å². The quantitative estimate of drug-likeness (QED) is 0.367. The number of alkyl halides is 3. The molecular formula is C20H23F3N6OS. The van der Waals surface area contributed by atoms with Gasteiger partial charge in [0.1, 0.15) is 0 Å². The lowest BCUT2D eigenvalue weighted by Gasteiger charge is -2.15. The molecule has 7 nitrogen and oxygen atoms in total. The van der Waals surface area contributed by atoms with Gasteiger partial charge in [-0.25, -0.2) is 15.0 Å². The molecule has 11 heteroatoms. The van der Waals surface area contributed by atoms with Crippen LogP contribution in [0, 0.1) is 13.8 Å². The molecule has 1 aliphatic rings. The van der Waals surface area contributed by atoms with Crippen LogP contribution in [-0.4, -0.2) is 40.3 Å². The number of aromatic nitrogens is 2. The van der Waals surface area contributed by atoms with Crippen molar-refractivity contribution in [2.24, 2.45) is 4.99 Å². The van der Waals surface area contributed by atoms with E-state index in [0.717, 1.165) is 36.4 Å². The summed E-state index contributed by atoms with van der Waals surface area (Å²) in [6.07, 6.45) is -2.46. The Morgan fingerprint density at radius 1 is 1.16 bits per heavy atom. The molecule has 1 aromatic carbocycles. The summed E-state index contributed by atoms with van der Waals surface area (Å²) in [5.74, 6) is 0.665. The van der Waals surface area contributed by atoms with Crippen LogP contribution in [0.25, 0.3) is 0 Å². The van der Waals surface area contributed by atoms with Crippen molar-refractivity contribution in [3.05, 3.63) is 47.3 Å². The van der Waals surface area contributed by atoms with E-state index in [0.29, 0.717) is 30.7 Å². The molecule has 31 heavy (non-hydrogen) atoms. The first-order valence-corrected chi connectivity index (χ1v) is 10.1. The van der Waals surface area contributed by atoms with Gasteiger partial charge in [0.15, 0.2) is 5.11 Å². The third kappa shape index (κ3) is 7.14. The van der Waals surface area contributed by atoms with Crippen LogP contribution < -0.4 is 16.0 Å². The molecule has 0 radical (unpaired) electrons. The number of guanidine groups is 1. The van der Waals surface area contributed by atoms with E-state index >= 15 is 0 Å². The van der Waals surface area contributed by atoms with Crippen LogP contribution in [-0.2, 0) is 10.9 Å². The smallest absolute Gasteiger partial charge is 0.376 e. The summed E-state index contributed by atoms with van der Waals surface area (Å²) in [6, 6.07) is 6.43. The molecule has 166 valence electrons. The van der Waals surface area contributed by atoms with E-state index in [1.165, 1.54) is 12.1 Å². The number of nitrogens with one attached hydrogen (secondary N) is 3. The van der Waals surface area contributed by atoms with Crippen molar-refractivity contribution in [2.75, 3.05) is 23.8 Å². The van der Waals surface area contributed by atoms with Gasteiger partial charge in [0.05, 0.1) is 18.2 Å². The second-order valence-corrected chi connectivity index (χ2v) is 7.49. The van der Waals surface area contributed by atoms with Gasteiger partial charge in [0.2, 0.25) is 11.9 Å². The number of nitrogens with zero attached hydrogens (tertiary/aromatic N) is 3. The normalized spacial score (nSPS) is 16.8. The van der Waals surface area contributed by atoms with Crippen molar-refractivity contribution >= 4 is 34.9 Å². The minimum absolute atomic E-state index is 0.0233. The Kier molecular flexibility index (Phi) is 7.39. The molecule has 2 heterocycles. The van der Waals surface area contributed by atoms with Gasteiger partial charge in [0.25, 0.3) is 0 Å². The molecule has 2 aromatic rings. The first-order valence-electron chi connectivity index (χ1n) is 9.69. The SMILES string of the molecule is Cc1cc(C)nc(NC(=NCC2CCCO2)NC(=S)Nc2ccc(C(F)(F)F)cc2)n1. The highest BCUT2D eigenvalue weighted by molar-refractivity contribution is 7.80. The van der Waals surface area contributed by atoms with Crippen molar-refractivity contribution < 1.29 is 17.9 Å². The molecule has 0 saturated carbocycles. The number of aryl methyl sites for hydroxylation is 2. The Hall–Kier alpha value is -2.79. The van der Waals surface area contributed by atoms with Gasteiger partial charge in [-0.1, -0.05) is 0 Å². The number of aliphatic imine (C=N–C) groups is 1. The van der Waals surface area contributed by atoms with Crippen LogP contribution >= 0.6 is 12.2 Å². The third-order valence-electron chi connectivity index (χ3n) is 4.39. The third-order valence-corrected chi connectivity index (χ3v) is 4.60.